The van der Waals surface area contributed by atoms with Crippen molar-refractivity contribution in [3.63, 3.8) is 0 Å². The first kappa shape index (κ1) is 17.8. The average Bonchev–Trinajstić information content (AvgIpc) is 3.18. The second-order valence-corrected chi connectivity index (χ2v) is 7.16. The minimum atomic E-state index is -4.18. The van der Waals surface area contributed by atoms with Gasteiger partial charge in [0.05, 0.1) is 12.6 Å². The molecule has 0 bridgehead atoms. The Morgan fingerprint density at radius 2 is 1.88 bits per heavy atom. The third kappa shape index (κ3) is 4.75. The molecule has 0 spiro atoms. The van der Waals surface area contributed by atoms with Crippen molar-refractivity contribution in [1.29, 1.82) is 0 Å². The van der Waals surface area contributed by atoms with Crippen LogP contribution in [0.2, 0.25) is 0 Å². The van der Waals surface area contributed by atoms with Crippen LogP contribution in [-0.2, 0) is 4.74 Å². The minimum absolute atomic E-state index is 0.139. The van der Waals surface area contributed by atoms with Crippen LogP contribution in [0.25, 0.3) is 0 Å². The summed E-state index contributed by atoms with van der Waals surface area (Å²) in [6.07, 6.45) is 0.888. The Morgan fingerprint density at radius 1 is 1.12 bits per heavy atom. The third-order valence-corrected chi connectivity index (χ3v) is 5.32. The number of amides is 2. The van der Waals surface area contributed by atoms with Crippen LogP contribution < -0.4 is 5.32 Å². The lowest BCUT2D eigenvalue weighted by Crippen LogP contribution is -2.49. The van der Waals surface area contributed by atoms with Gasteiger partial charge in [0, 0.05) is 38.8 Å². The van der Waals surface area contributed by atoms with Crippen LogP contribution in [0.4, 0.5) is 18.0 Å². The minimum Gasteiger partial charge on any atom is -0.378 e. The van der Waals surface area contributed by atoms with E-state index in [2.05, 4.69) is 5.32 Å². The van der Waals surface area contributed by atoms with Crippen molar-refractivity contribution in [1.82, 2.24) is 15.1 Å². The van der Waals surface area contributed by atoms with Gasteiger partial charge >= 0.3 is 12.2 Å². The number of ether oxygens (including phenoxy) is 1. The summed E-state index contributed by atoms with van der Waals surface area (Å²) in [6.45, 7) is 2.02. The van der Waals surface area contributed by atoms with Crippen molar-refractivity contribution in [2.24, 2.45) is 5.92 Å². The van der Waals surface area contributed by atoms with Gasteiger partial charge in [-0.2, -0.15) is 13.2 Å². The number of likely N-dealkylation sites (tertiary alicyclic amines) is 2. The zero-order chi connectivity index (χ0) is 17.2. The number of nitrogens with zero attached hydrogens (tertiary/aromatic N) is 2. The van der Waals surface area contributed by atoms with Gasteiger partial charge in [-0.25, -0.2) is 4.79 Å². The van der Waals surface area contributed by atoms with E-state index in [1.165, 1.54) is 4.90 Å². The van der Waals surface area contributed by atoms with E-state index in [1.807, 2.05) is 0 Å². The van der Waals surface area contributed by atoms with Gasteiger partial charge in [0.1, 0.15) is 0 Å². The standard InChI is InChI=1S/C16H26F3N3O2/c17-16(18,19)11-21-6-5-13(10-21)20-15(23)22-7-3-12(4-8-22)14-2-1-9-24-14/h12-14H,1-11H2,(H,20,23)/t13-,14+/m1/s1. The van der Waals surface area contributed by atoms with Crippen molar-refractivity contribution in [2.75, 3.05) is 39.3 Å². The molecule has 0 unspecified atom stereocenters. The number of urea groups is 1. The first-order chi connectivity index (χ1) is 11.4. The van der Waals surface area contributed by atoms with Crippen molar-refractivity contribution >= 4 is 6.03 Å². The maximum atomic E-state index is 12.4. The molecule has 3 saturated heterocycles. The summed E-state index contributed by atoms with van der Waals surface area (Å²) in [4.78, 5) is 15.5. The molecule has 0 saturated carbocycles. The number of halogens is 3. The highest BCUT2D eigenvalue weighted by Crippen LogP contribution is 2.29. The molecule has 2 atom stereocenters. The maximum absolute atomic E-state index is 12.4. The molecule has 138 valence electrons. The predicted octanol–water partition coefficient (Wildman–Crippen LogP) is 2.22. The fraction of sp³-hybridized carbons (Fsp3) is 0.938. The number of piperidine rings is 1. The van der Waals surface area contributed by atoms with Crippen molar-refractivity contribution in [3.8, 4) is 0 Å². The molecule has 24 heavy (non-hydrogen) atoms. The summed E-state index contributed by atoms with van der Waals surface area (Å²) < 4.78 is 42.9. The lowest BCUT2D eigenvalue weighted by atomic mass is 9.90. The van der Waals surface area contributed by atoms with Crippen LogP contribution in [0.3, 0.4) is 0 Å². The molecule has 0 aromatic heterocycles. The van der Waals surface area contributed by atoms with Crippen LogP contribution in [0, 0.1) is 5.92 Å². The number of carbonyl (C=O) groups excluding carboxylic acids is 1. The second kappa shape index (κ2) is 7.47. The molecule has 2 amide bonds. The van der Waals surface area contributed by atoms with Crippen LogP contribution in [0.15, 0.2) is 0 Å². The van der Waals surface area contributed by atoms with E-state index in [-0.39, 0.29) is 18.6 Å². The quantitative estimate of drug-likeness (QED) is 0.850. The molecular formula is C16H26F3N3O2. The fourth-order valence-corrected chi connectivity index (χ4v) is 4.06. The summed E-state index contributed by atoms with van der Waals surface area (Å²) in [5.41, 5.74) is 0. The Bertz CT molecular complexity index is 433. The number of rotatable bonds is 3. The molecule has 3 fully saturated rings. The lowest BCUT2D eigenvalue weighted by molar-refractivity contribution is -0.143. The number of carbonyl (C=O) groups is 1. The molecule has 0 aromatic carbocycles. The first-order valence-electron chi connectivity index (χ1n) is 8.87. The largest absolute Gasteiger partial charge is 0.401 e. The van der Waals surface area contributed by atoms with Gasteiger partial charge < -0.3 is 15.0 Å². The van der Waals surface area contributed by atoms with Crippen LogP contribution in [0.1, 0.15) is 32.1 Å². The number of hydrogen-bond acceptors (Lipinski definition) is 3. The Morgan fingerprint density at radius 3 is 2.50 bits per heavy atom. The number of nitrogens with one attached hydrogen (secondary N) is 1. The van der Waals surface area contributed by atoms with Gasteiger partial charge in [0.25, 0.3) is 0 Å². The topological polar surface area (TPSA) is 44.8 Å². The molecule has 8 heteroatoms. The average molecular weight is 349 g/mol. The summed E-state index contributed by atoms with van der Waals surface area (Å²) in [5, 5.41) is 2.90. The zero-order valence-corrected chi connectivity index (χ0v) is 13.9. The molecule has 0 radical (unpaired) electrons. The SMILES string of the molecule is O=C(N[C@@H]1CCN(CC(F)(F)F)C1)N1CCC([C@@H]2CCCO2)CC1. The summed E-state index contributed by atoms with van der Waals surface area (Å²) in [7, 11) is 0. The van der Waals surface area contributed by atoms with Crippen molar-refractivity contribution in [2.45, 2.75) is 50.4 Å². The molecule has 3 rings (SSSR count). The van der Waals surface area contributed by atoms with Crippen LogP contribution >= 0.6 is 0 Å². The van der Waals surface area contributed by atoms with E-state index >= 15 is 0 Å². The molecular weight excluding hydrogens is 323 g/mol. The van der Waals surface area contributed by atoms with Gasteiger partial charge in [0.2, 0.25) is 0 Å². The Labute approximate surface area is 140 Å². The van der Waals surface area contributed by atoms with E-state index in [9.17, 15) is 18.0 Å². The molecule has 3 heterocycles. The van der Waals surface area contributed by atoms with Crippen molar-refractivity contribution in [3.05, 3.63) is 0 Å². The molecule has 3 aliphatic rings. The first-order valence-corrected chi connectivity index (χ1v) is 8.87. The monoisotopic (exact) mass is 349 g/mol. The maximum Gasteiger partial charge on any atom is 0.401 e. The van der Waals surface area contributed by atoms with Gasteiger partial charge in [-0.1, -0.05) is 0 Å². The van der Waals surface area contributed by atoms with Crippen molar-refractivity contribution < 1.29 is 22.7 Å². The highest BCUT2D eigenvalue weighted by atomic mass is 19.4. The molecule has 1 N–H and O–H groups in total. The number of alkyl halides is 3. The van der Waals surface area contributed by atoms with Gasteiger partial charge in [-0.05, 0) is 38.0 Å². The fourth-order valence-electron chi connectivity index (χ4n) is 4.06. The molecule has 3 aliphatic heterocycles. The summed E-state index contributed by atoms with van der Waals surface area (Å²) in [6, 6.07) is -0.324. The predicted molar refractivity (Wildman–Crippen MR) is 82.7 cm³/mol. The van der Waals surface area contributed by atoms with E-state index in [4.69, 9.17) is 4.74 Å². The van der Waals surface area contributed by atoms with Gasteiger partial charge in [-0.3, -0.25) is 4.90 Å². The number of hydrogen-bond donors (Lipinski definition) is 1. The Balaban J connectivity index is 1.38. The zero-order valence-electron chi connectivity index (χ0n) is 13.9. The van der Waals surface area contributed by atoms with Gasteiger partial charge in [-0.15, -0.1) is 0 Å². The van der Waals surface area contributed by atoms with E-state index < -0.39 is 12.7 Å². The summed E-state index contributed by atoms with van der Waals surface area (Å²) in [5.74, 6) is 0.533. The normalized spacial score (nSPS) is 30.0. The molecule has 5 nitrogen and oxygen atoms in total. The van der Waals surface area contributed by atoms with Gasteiger partial charge in [0.15, 0.2) is 0 Å². The summed E-state index contributed by atoms with van der Waals surface area (Å²) >= 11 is 0. The van der Waals surface area contributed by atoms with E-state index in [1.54, 1.807) is 4.90 Å². The van der Waals surface area contributed by atoms with E-state index in [0.717, 1.165) is 32.3 Å². The second-order valence-electron chi connectivity index (χ2n) is 7.16. The van der Waals surface area contributed by atoms with E-state index in [0.29, 0.717) is 38.1 Å². The molecule has 0 aliphatic carbocycles. The third-order valence-electron chi connectivity index (χ3n) is 5.32. The highest BCUT2D eigenvalue weighted by molar-refractivity contribution is 5.74. The Hall–Kier alpha value is -1.02. The van der Waals surface area contributed by atoms with Crippen LogP contribution in [-0.4, -0.2) is 73.5 Å². The Kier molecular flexibility index (Phi) is 5.54. The highest BCUT2D eigenvalue weighted by Gasteiger charge is 2.36. The smallest absolute Gasteiger partial charge is 0.378 e. The molecule has 0 aromatic rings. The van der Waals surface area contributed by atoms with Crippen LogP contribution in [0.5, 0.6) is 0 Å². The lowest BCUT2D eigenvalue weighted by Gasteiger charge is -2.35.